The lowest BCUT2D eigenvalue weighted by Gasteiger charge is -2.41. The zero-order chi connectivity index (χ0) is 28.6. The summed E-state index contributed by atoms with van der Waals surface area (Å²) in [6.45, 7) is 20.9. The van der Waals surface area contributed by atoms with E-state index in [1.54, 1.807) is 14.2 Å². The predicted molar refractivity (Wildman–Crippen MR) is 159 cm³/mol. The zero-order valence-electron chi connectivity index (χ0n) is 25.9. The third-order valence-electron chi connectivity index (χ3n) is 7.10. The summed E-state index contributed by atoms with van der Waals surface area (Å²) in [7, 11) is 3.35. The van der Waals surface area contributed by atoms with Gasteiger partial charge in [0.15, 0.2) is 5.79 Å². The summed E-state index contributed by atoms with van der Waals surface area (Å²) in [4.78, 5) is 7.04. The average Bonchev–Trinajstić information content (AvgIpc) is 2.96. The van der Waals surface area contributed by atoms with Crippen molar-refractivity contribution < 1.29 is 18.9 Å². The zero-order valence-corrected chi connectivity index (χ0v) is 25.9. The molecule has 2 heterocycles. The standard InChI is InChI=1S/C24H34N2O4.C6H14.C2H6/c1-6-29-24(30-7-2)9-12-26(13-10-24)17-19-8-11-25-21(14-19)20-15-22(27-4)18(3)23(16-20)28-5;1-4-6(3)5-2;1-2/h8,11,14-16H,6-7,9-10,12-13,17H2,1-5H3;6H,4-5H2,1-3H3;1-2H3. The first kappa shape index (κ1) is 33.9. The SMILES string of the molecule is CC.CCC(C)CC.CCOC1(OCC)CCN(Cc2ccnc(-c3cc(OC)c(C)c(OC)c3)c2)CC1. The maximum atomic E-state index is 5.96. The smallest absolute Gasteiger partial charge is 0.170 e. The third-order valence-corrected chi connectivity index (χ3v) is 7.10. The van der Waals surface area contributed by atoms with Crippen LogP contribution in [-0.2, 0) is 16.0 Å². The Morgan fingerprint density at radius 1 is 0.895 bits per heavy atom. The van der Waals surface area contributed by atoms with Crippen LogP contribution in [0.1, 0.15) is 85.3 Å². The van der Waals surface area contributed by atoms with Gasteiger partial charge in [-0.2, -0.15) is 0 Å². The number of piperidine rings is 1. The minimum absolute atomic E-state index is 0.418. The number of benzene rings is 1. The van der Waals surface area contributed by atoms with Crippen molar-refractivity contribution in [1.29, 1.82) is 0 Å². The molecule has 1 aromatic heterocycles. The second-order valence-corrected chi connectivity index (χ2v) is 9.53. The van der Waals surface area contributed by atoms with Gasteiger partial charge in [-0.05, 0) is 56.5 Å². The normalized spacial score (nSPS) is 14.7. The number of pyridine rings is 1. The van der Waals surface area contributed by atoms with Gasteiger partial charge in [0, 0.05) is 63.0 Å². The Labute approximate surface area is 233 Å². The molecule has 0 spiro atoms. The Balaban J connectivity index is 0.000000795. The van der Waals surface area contributed by atoms with E-state index in [4.69, 9.17) is 18.9 Å². The summed E-state index contributed by atoms with van der Waals surface area (Å²) in [5.74, 6) is 2.12. The fourth-order valence-corrected chi connectivity index (χ4v) is 4.42. The number of ether oxygens (including phenoxy) is 4. The molecule has 6 heteroatoms. The van der Waals surface area contributed by atoms with Gasteiger partial charge in [0.05, 0.1) is 19.9 Å². The minimum Gasteiger partial charge on any atom is -0.496 e. The molecule has 0 aliphatic carbocycles. The van der Waals surface area contributed by atoms with Crippen molar-refractivity contribution in [3.05, 3.63) is 41.6 Å². The number of aromatic nitrogens is 1. The summed E-state index contributed by atoms with van der Waals surface area (Å²) >= 11 is 0. The van der Waals surface area contributed by atoms with Gasteiger partial charge < -0.3 is 18.9 Å². The maximum Gasteiger partial charge on any atom is 0.170 e. The molecular weight excluding hydrogens is 476 g/mol. The molecule has 2 aromatic rings. The van der Waals surface area contributed by atoms with Crippen LogP contribution in [0.2, 0.25) is 0 Å². The van der Waals surface area contributed by atoms with E-state index < -0.39 is 5.79 Å². The predicted octanol–water partition coefficient (Wildman–Crippen LogP) is 7.91. The van der Waals surface area contributed by atoms with Crippen molar-refractivity contribution in [2.45, 2.75) is 93.4 Å². The maximum absolute atomic E-state index is 5.96. The molecule has 38 heavy (non-hydrogen) atoms. The van der Waals surface area contributed by atoms with Crippen molar-refractivity contribution in [3.8, 4) is 22.8 Å². The van der Waals surface area contributed by atoms with Gasteiger partial charge in [-0.15, -0.1) is 0 Å². The Bertz CT molecular complexity index is 873. The average molecular weight is 531 g/mol. The number of rotatable bonds is 11. The molecule has 1 aromatic carbocycles. The van der Waals surface area contributed by atoms with Gasteiger partial charge in [-0.1, -0.05) is 47.5 Å². The second-order valence-electron chi connectivity index (χ2n) is 9.53. The highest BCUT2D eigenvalue weighted by Gasteiger charge is 2.35. The molecule has 0 radical (unpaired) electrons. The van der Waals surface area contributed by atoms with Crippen LogP contribution in [0.3, 0.4) is 0 Å². The van der Waals surface area contributed by atoms with E-state index in [9.17, 15) is 0 Å². The highest BCUT2D eigenvalue weighted by atomic mass is 16.7. The summed E-state index contributed by atoms with van der Waals surface area (Å²) < 4.78 is 23.0. The van der Waals surface area contributed by atoms with E-state index in [1.807, 2.05) is 52.9 Å². The fraction of sp³-hybridized carbons (Fsp3) is 0.656. The van der Waals surface area contributed by atoms with Crippen molar-refractivity contribution in [2.75, 3.05) is 40.5 Å². The van der Waals surface area contributed by atoms with Gasteiger partial charge in [0.1, 0.15) is 11.5 Å². The third kappa shape index (κ3) is 10.2. The van der Waals surface area contributed by atoms with Crippen molar-refractivity contribution in [2.24, 2.45) is 5.92 Å². The molecule has 0 saturated carbocycles. The second kappa shape index (κ2) is 18.2. The number of hydrogen-bond donors (Lipinski definition) is 0. The van der Waals surface area contributed by atoms with Crippen molar-refractivity contribution in [1.82, 2.24) is 9.88 Å². The van der Waals surface area contributed by atoms with Crippen LogP contribution < -0.4 is 9.47 Å². The Morgan fingerprint density at radius 3 is 1.84 bits per heavy atom. The van der Waals surface area contributed by atoms with Gasteiger partial charge in [-0.25, -0.2) is 0 Å². The lowest BCUT2D eigenvalue weighted by Crippen LogP contribution is -2.47. The fourth-order valence-electron chi connectivity index (χ4n) is 4.42. The minimum atomic E-state index is -0.418. The van der Waals surface area contributed by atoms with E-state index in [2.05, 4.69) is 42.8 Å². The molecule has 6 nitrogen and oxygen atoms in total. The van der Waals surface area contributed by atoms with E-state index >= 15 is 0 Å². The molecular formula is C32H54N2O4. The number of likely N-dealkylation sites (tertiary alicyclic amines) is 1. The monoisotopic (exact) mass is 530 g/mol. The number of nitrogens with zero attached hydrogens (tertiary/aromatic N) is 2. The van der Waals surface area contributed by atoms with E-state index in [1.165, 1.54) is 18.4 Å². The Morgan fingerprint density at radius 2 is 1.42 bits per heavy atom. The van der Waals surface area contributed by atoms with Crippen LogP contribution in [0, 0.1) is 12.8 Å². The lowest BCUT2D eigenvalue weighted by atomic mass is 10.0. The highest BCUT2D eigenvalue weighted by Crippen LogP contribution is 2.34. The largest absolute Gasteiger partial charge is 0.496 e. The van der Waals surface area contributed by atoms with Gasteiger partial charge in [-0.3, -0.25) is 9.88 Å². The quantitative estimate of drug-likeness (QED) is 0.275. The van der Waals surface area contributed by atoms with Crippen LogP contribution in [0.15, 0.2) is 30.5 Å². The first-order valence-electron chi connectivity index (χ1n) is 14.5. The lowest BCUT2D eigenvalue weighted by molar-refractivity contribution is -0.253. The first-order chi connectivity index (χ1) is 18.3. The van der Waals surface area contributed by atoms with Crippen LogP contribution in [0.25, 0.3) is 11.3 Å². The van der Waals surface area contributed by atoms with Crippen LogP contribution in [-0.4, -0.2) is 56.2 Å². The molecule has 1 aliphatic heterocycles. The van der Waals surface area contributed by atoms with E-state index in [-0.39, 0.29) is 0 Å². The molecule has 3 rings (SSSR count). The molecule has 0 N–H and O–H groups in total. The molecule has 0 amide bonds. The summed E-state index contributed by atoms with van der Waals surface area (Å²) in [6.07, 6.45) is 6.31. The van der Waals surface area contributed by atoms with Crippen LogP contribution in [0.5, 0.6) is 11.5 Å². The summed E-state index contributed by atoms with van der Waals surface area (Å²) in [6, 6.07) is 8.27. The molecule has 0 unspecified atom stereocenters. The number of hydrogen-bond acceptors (Lipinski definition) is 6. The molecule has 0 bridgehead atoms. The van der Waals surface area contributed by atoms with Gasteiger partial charge >= 0.3 is 0 Å². The summed E-state index contributed by atoms with van der Waals surface area (Å²) in [5.41, 5.74) is 4.12. The Kier molecular flexibility index (Phi) is 16.2. The molecule has 216 valence electrons. The van der Waals surface area contributed by atoms with Crippen molar-refractivity contribution in [3.63, 3.8) is 0 Å². The van der Waals surface area contributed by atoms with Crippen LogP contribution >= 0.6 is 0 Å². The molecule has 0 atom stereocenters. The van der Waals surface area contributed by atoms with Crippen molar-refractivity contribution >= 4 is 0 Å². The van der Waals surface area contributed by atoms with Crippen LogP contribution in [0.4, 0.5) is 0 Å². The first-order valence-corrected chi connectivity index (χ1v) is 14.5. The molecule has 1 aliphatic rings. The van der Waals surface area contributed by atoms with Gasteiger partial charge in [0.25, 0.3) is 0 Å². The Hall–Kier alpha value is -2.15. The van der Waals surface area contributed by atoms with Gasteiger partial charge in [0.2, 0.25) is 0 Å². The van der Waals surface area contributed by atoms with E-state index in [0.29, 0.717) is 13.2 Å². The van der Waals surface area contributed by atoms with E-state index in [0.717, 1.165) is 66.7 Å². The summed E-state index contributed by atoms with van der Waals surface area (Å²) in [5, 5.41) is 0. The molecule has 1 saturated heterocycles. The number of methoxy groups -OCH3 is 2. The topological polar surface area (TPSA) is 53.1 Å². The highest BCUT2D eigenvalue weighted by molar-refractivity contribution is 5.66. The molecule has 1 fully saturated rings.